The van der Waals surface area contributed by atoms with Gasteiger partial charge >= 0.3 is 6.09 Å². The van der Waals surface area contributed by atoms with Gasteiger partial charge in [0.05, 0.1) is 13.2 Å². The molecule has 0 saturated carbocycles. The molecule has 174 valence electrons. The van der Waals surface area contributed by atoms with Gasteiger partial charge in [-0.1, -0.05) is 19.9 Å². The third-order valence-electron chi connectivity index (χ3n) is 5.57. The number of aromatic nitrogens is 1. The summed E-state index contributed by atoms with van der Waals surface area (Å²) < 4.78 is 17.8. The molecule has 0 radical (unpaired) electrons. The van der Waals surface area contributed by atoms with Crippen molar-refractivity contribution < 1.29 is 23.7 Å². The first-order chi connectivity index (χ1) is 15.0. The van der Waals surface area contributed by atoms with Crippen molar-refractivity contribution in [1.82, 2.24) is 4.90 Å². The third-order valence-corrected chi connectivity index (χ3v) is 5.57. The fraction of sp³-hybridized carbons (Fsp3) is 0.520. The van der Waals surface area contributed by atoms with Gasteiger partial charge < -0.3 is 24.3 Å². The lowest BCUT2D eigenvalue weighted by Gasteiger charge is -2.40. The number of carbonyl (C=O) groups is 1. The number of pyridine rings is 1. The smallest absolute Gasteiger partial charge is 0.410 e. The summed E-state index contributed by atoms with van der Waals surface area (Å²) in [4.78, 5) is 14.6. The maximum atomic E-state index is 12.8. The molecule has 32 heavy (non-hydrogen) atoms. The minimum Gasteiger partial charge on any atom is -0.618 e. The van der Waals surface area contributed by atoms with E-state index in [-0.39, 0.29) is 24.7 Å². The molecular formula is C25H34N2O5. The molecule has 1 unspecified atom stereocenters. The Morgan fingerprint density at radius 1 is 1.25 bits per heavy atom. The number of rotatable bonds is 5. The van der Waals surface area contributed by atoms with Crippen molar-refractivity contribution in [2.45, 2.75) is 66.2 Å². The van der Waals surface area contributed by atoms with Crippen molar-refractivity contribution in [3.05, 3.63) is 58.1 Å². The predicted molar refractivity (Wildman–Crippen MR) is 122 cm³/mol. The average molecular weight is 443 g/mol. The highest BCUT2D eigenvalue weighted by atomic mass is 16.6. The molecule has 0 fully saturated rings. The summed E-state index contributed by atoms with van der Waals surface area (Å²) in [6.45, 7) is 12.3. The normalized spacial score (nSPS) is 16.0. The number of carbonyl (C=O) groups excluding carboxylic acids is 1. The molecule has 1 aromatic heterocycles. The van der Waals surface area contributed by atoms with Gasteiger partial charge in [-0.2, -0.15) is 4.73 Å². The fourth-order valence-corrected chi connectivity index (χ4v) is 4.11. The minimum atomic E-state index is -0.536. The van der Waals surface area contributed by atoms with Crippen LogP contribution in [0.25, 0.3) is 0 Å². The van der Waals surface area contributed by atoms with Crippen molar-refractivity contribution in [2.24, 2.45) is 5.92 Å². The van der Waals surface area contributed by atoms with Crippen molar-refractivity contribution in [3.63, 3.8) is 0 Å². The number of hydrogen-bond acceptors (Lipinski definition) is 5. The lowest BCUT2D eigenvalue weighted by atomic mass is 9.86. The third kappa shape index (κ3) is 5.09. The number of aryl methyl sites for hydroxylation is 1. The van der Waals surface area contributed by atoms with Crippen molar-refractivity contribution in [3.8, 4) is 11.5 Å². The summed E-state index contributed by atoms with van der Waals surface area (Å²) in [6.07, 6.45) is 0.429. The van der Waals surface area contributed by atoms with Crippen molar-refractivity contribution in [1.29, 1.82) is 0 Å². The molecule has 1 aliphatic heterocycles. The zero-order valence-electron chi connectivity index (χ0n) is 20.1. The summed E-state index contributed by atoms with van der Waals surface area (Å²) in [5, 5.41) is 12.4. The lowest BCUT2D eigenvalue weighted by Crippen LogP contribution is -2.44. The van der Waals surface area contributed by atoms with Crippen LogP contribution in [-0.2, 0) is 17.8 Å². The zero-order valence-corrected chi connectivity index (χ0v) is 20.1. The number of nitrogens with zero attached hydrogens (tertiary/aromatic N) is 2. The second kappa shape index (κ2) is 9.27. The van der Waals surface area contributed by atoms with E-state index in [0.717, 1.165) is 15.9 Å². The maximum Gasteiger partial charge on any atom is 0.410 e. The van der Waals surface area contributed by atoms with E-state index in [0.29, 0.717) is 35.9 Å². The van der Waals surface area contributed by atoms with Crippen LogP contribution >= 0.6 is 0 Å². The van der Waals surface area contributed by atoms with Gasteiger partial charge in [-0.3, -0.25) is 0 Å². The van der Waals surface area contributed by atoms with E-state index in [1.807, 2.05) is 43.9 Å². The highest BCUT2D eigenvalue weighted by Gasteiger charge is 2.35. The summed E-state index contributed by atoms with van der Waals surface area (Å²) >= 11 is 0. The van der Waals surface area contributed by atoms with Gasteiger partial charge in [-0.15, -0.1) is 0 Å². The summed E-state index contributed by atoms with van der Waals surface area (Å²) in [7, 11) is 1.54. The van der Waals surface area contributed by atoms with E-state index in [1.54, 1.807) is 19.1 Å². The van der Waals surface area contributed by atoms with Crippen LogP contribution in [0, 0.1) is 18.0 Å². The van der Waals surface area contributed by atoms with Crippen molar-refractivity contribution >= 4 is 6.09 Å². The highest BCUT2D eigenvalue weighted by molar-refractivity contribution is 5.69. The molecule has 0 aliphatic carbocycles. The van der Waals surface area contributed by atoms with Crippen LogP contribution in [0.3, 0.4) is 0 Å². The van der Waals surface area contributed by atoms with E-state index in [1.165, 1.54) is 7.11 Å². The maximum absolute atomic E-state index is 12.8. The monoisotopic (exact) mass is 442 g/mol. The molecule has 1 aliphatic rings. The van der Waals surface area contributed by atoms with Crippen LogP contribution in [-0.4, -0.2) is 30.2 Å². The van der Waals surface area contributed by atoms with Gasteiger partial charge in [0.25, 0.3) is 5.69 Å². The molecule has 0 saturated heterocycles. The molecular weight excluding hydrogens is 408 g/mol. The van der Waals surface area contributed by atoms with Crippen LogP contribution in [0.15, 0.2) is 30.3 Å². The van der Waals surface area contributed by atoms with E-state index in [4.69, 9.17) is 14.2 Å². The number of hydrogen-bond donors (Lipinski definition) is 0. The summed E-state index contributed by atoms with van der Waals surface area (Å²) in [5.74, 6) is 1.40. The zero-order chi connectivity index (χ0) is 23.6. The molecule has 1 amide bonds. The predicted octanol–water partition coefficient (Wildman–Crippen LogP) is 4.71. The first-order valence-electron chi connectivity index (χ1n) is 11.0. The first kappa shape index (κ1) is 23.7. The number of ether oxygens (including phenoxy) is 3. The van der Waals surface area contributed by atoms with Crippen LogP contribution in [0.4, 0.5) is 4.79 Å². The van der Waals surface area contributed by atoms with Crippen LogP contribution in [0.2, 0.25) is 0 Å². The Morgan fingerprint density at radius 2 is 1.97 bits per heavy atom. The van der Waals surface area contributed by atoms with E-state index in [2.05, 4.69) is 13.8 Å². The molecule has 7 nitrogen and oxygen atoms in total. The SMILES string of the molecule is COc1ccc(C)[n+]([O-])c1COc1ccc2c(c1)CCN(C(=O)OC(C)(C)C)C2C(C)C. The van der Waals surface area contributed by atoms with Crippen molar-refractivity contribution in [2.75, 3.05) is 13.7 Å². The molecule has 7 heteroatoms. The Balaban J connectivity index is 1.82. The number of amides is 1. The topological polar surface area (TPSA) is 74.9 Å². The van der Waals surface area contributed by atoms with Gasteiger partial charge in [-0.05, 0) is 62.4 Å². The van der Waals surface area contributed by atoms with E-state index < -0.39 is 5.60 Å². The largest absolute Gasteiger partial charge is 0.618 e. The second-order valence-electron chi connectivity index (χ2n) is 9.55. The van der Waals surface area contributed by atoms with Gasteiger partial charge in [0.1, 0.15) is 11.4 Å². The molecule has 0 bridgehead atoms. The first-order valence-corrected chi connectivity index (χ1v) is 11.0. The number of methoxy groups -OCH3 is 1. The van der Waals surface area contributed by atoms with Crippen LogP contribution in [0.1, 0.15) is 63.2 Å². The minimum absolute atomic E-state index is 0.0664. The Hall–Kier alpha value is -2.96. The highest BCUT2D eigenvalue weighted by Crippen LogP contribution is 2.37. The van der Waals surface area contributed by atoms with E-state index >= 15 is 0 Å². The fourth-order valence-electron chi connectivity index (χ4n) is 4.11. The van der Waals surface area contributed by atoms with Crippen LogP contribution in [0.5, 0.6) is 11.5 Å². The average Bonchev–Trinajstić information content (AvgIpc) is 2.72. The Bertz CT molecular complexity index is 981. The van der Waals surface area contributed by atoms with E-state index in [9.17, 15) is 10.0 Å². The Kier molecular flexibility index (Phi) is 6.86. The molecule has 2 aromatic rings. The Labute approximate surface area is 190 Å². The molecule has 0 N–H and O–H groups in total. The van der Waals surface area contributed by atoms with Gasteiger partial charge in [0, 0.05) is 19.5 Å². The second-order valence-corrected chi connectivity index (χ2v) is 9.55. The molecule has 0 spiro atoms. The lowest BCUT2D eigenvalue weighted by molar-refractivity contribution is -0.623. The molecule has 3 rings (SSSR count). The quantitative estimate of drug-likeness (QED) is 0.495. The van der Waals surface area contributed by atoms with Crippen LogP contribution < -0.4 is 14.2 Å². The Morgan fingerprint density at radius 3 is 2.59 bits per heavy atom. The van der Waals surface area contributed by atoms with Gasteiger partial charge in [0.15, 0.2) is 18.1 Å². The van der Waals surface area contributed by atoms with Gasteiger partial charge in [0.2, 0.25) is 0 Å². The number of fused-ring (bicyclic) bond motifs is 1. The standard InChI is InChI=1S/C25H34N2O5/c1-16(2)23-20-10-9-19(31-15-21-22(30-7)11-8-17(3)27(21)29)14-18(20)12-13-26(23)24(28)32-25(4,5)6/h8-11,14,16,23H,12-13,15H2,1-7H3. The van der Waals surface area contributed by atoms with Gasteiger partial charge in [-0.25, -0.2) is 4.79 Å². The molecule has 1 aromatic carbocycles. The molecule has 2 heterocycles. The molecule has 1 atom stereocenters. The summed E-state index contributed by atoms with van der Waals surface area (Å²) in [5.41, 5.74) is 2.73. The summed E-state index contributed by atoms with van der Waals surface area (Å²) in [6, 6.07) is 9.34. The number of benzene rings is 1.